The summed E-state index contributed by atoms with van der Waals surface area (Å²) in [6.07, 6.45) is 6.90. The van der Waals surface area contributed by atoms with Crippen LogP contribution in [0.15, 0.2) is 12.1 Å². The molecule has 0 heterocycles. The van der Waals surface area contributed by atoms with Crippen molar-refractivity contribution in [3.63, 3.8) is 0 Å². The topological polar surface area (TPSA) is 44.3 Å². The van der Waals surface area contributed by atoms with Crippen molar-refractivity contribution in [2.45, 2.75) is 57.4 Å². The second kappa shape index (κ2) is 7.81. The maximum atomic E-state index is 9.04. The zero-order valence-corrected chi connectivity index (χ0v) is 13.7. The zero-order valence-electron chi connectivity index (χ0n) is 13.7. The molecule has 0 unspecified atom stereocenters. The number of rotatable bonds is 6. The van der Waals surface area contributed by atoms with Crippen molar-refractivity contribution in [1.29, 1.82) is 0 Å². The summed E-state index contributed by atoms with van der Waals surface area (Å²) in [6.45, 7) is 2.51. The van der Waals surface area contributed by atoms with Crippen LogP contribution in [0.4, 0.5) is 5.69 Å². The fourth-order valence-corrected chi connectivity index (χ4v) is 3.75. The number of aryl methyl sites for hydroxylation is 1. The smallest absolute Gasteiger partial charge is 0.0434 e. The van der Waals surface area contributed by atoms with Crippen molar-refractivity contribution in [2.24, 2.45) is 0 Å². The van der Waals surface area contributed by atoms with E-state index in [0.29, 0.717) is 12.0 Å². The van der Waals surface area contributed by atoms with Gasteiger partial charge in [-0.2, -0.15) is 0 Å². The number of nitrogens with one attached hydrogen (secondary N) is 2. The highest BCUT2D eigenvalue weighted by molar-refractivity contribution is 5.60. The van der Waals surface area contributed by atoms with E-state index in [1.807, 2.05) is 7.05 Å². The van der Waals surface area contributed by atoms with Crippen LogP contribution >= 0.6 is 0 Å². The third-order valence-corrected chi connectivity index (χ3v) is 5.02. The highest BCUT2D eigenvalue weighted by Gasteiger charge is 2.23. The van der Waals surface area contributed by atoms with Crippen LogP contribution in [0.25, 0.3) is 0 Å². The van der Waals surface area contributed by atoms with E-state index in [4.69, 9.17) is 5.11 Å². The fraction of sp³-hybridized carbons (Fsp3) is 0.667. The maximum Gasteiger partial charge on any atom is 0.0434 e. The Morgan fingerprint density at radius 3 is 2.43 bits per heavy atom. The number of hydrogen-bond acceptors (Lipinski definition) is 3. The second-order valence-electron chi connectivity index (χ2n) is 6.23. The third-order valence-electron chi connectivity index (χ3n) is 5.02. The van der Waals surface area contributed by atoms with Crippen LogP contribution in [0.3, 0.4) is 0 Å². The van der Waals surface area contributed by atoms with Gasteiger partial charge in [-0.05, 0) is 75.1 Å². The van der Waals surface area contributed by atoms with Crippen molar-refractivity contribution < 1.29 is 5.11 Å². The second-order valence-corrected chi connectivity index (χ2v) is 6.23. The molecule has 1 saturated carbocycles. The first-order chi connectivity index (χ1) is 10.2. The lowest BCUT2D eigenvalue weighted by Gasteiger charge is -2.30. The number of aliphatic hydroxyl groups is 1. The van der Waals surface area contributed by atoms with Gasteiger partial charge in [0.1, 0.15) is 0 Å². The first kappa shape index (κ1) is 16.3. The molecule has 1 aromatic rings. The first-order valence-corrected chi connectivity index (χ1v) is 8.29. The Kier molecular flexibility index (Phi) is 6.07. The molecule has 3 nitrogen and oxygen atoms in total. The molecule has 2 rings (SSSR count). The molecule has 0 spiro atoms. The highest BCUT2D eigenvalue weighted by atomic mass is 16.2. The van der Waals surface area contributed by atoms with E-state index in [-0.39, 0.29) is 6.61 Å². The van der Waals surface area contributed by atoms with Crippen LogP contribution in [0.1, 0.15) is 54.7 Å². The molecule has 0 saturated heterocycles. The minimum Gasteiger partial charge on any atom is -0.396 e. The lowest BCUT2D eigenvalue weighted by Crippen LogP contribution is -2.29. The monoisotopic (exact) mass is 290 g/mol. The van der Waals surface area contributed by atoms with Crippen molar-refractivity contribution in [3.05, 3.63) is 28.8 Å². The van der Waals surface area contributed by atoms with Gasteiger partial charge in [0.2, 0.25) is 0 Å². The SMILES string of the molecule is CNc1c(CCCO)ccc([C@H]2CC[C@H](NC)CC2)c1C. The standard InChI is InChI=1S/C18H30N2O/c1-13-17(14-6-9-16(19-2)10-7-14)11-8-15(5-4-12-21)18(13)20-3/h8,11,14,16,19-21H,4-7,9-10,12H2,1-3H3/t14-,16-. The molecule has 1 fully saturated rings. The van der Waals surface area contributed by atoms with Gasteiger partial charge in [0.05, 0.1) is 0 Å². The van der Waals surface area contributed by atoms with Crippen LogP contribution in [0, 0.1) is 6.92 Å². The molecule has 0 aromatic heterocycles. The van der Waals surface area contributed by atoms with Crippen molar-refractivity contribution in [2.75, 3.05) is 26.0 Å². The predicted octanol–water partition coefficient (Wildman–Crippen LogP) is 3.21. The quantitative estimate of drug-likeness (QED) is 0.754. The molecule has 0 bridgehead atoms. The van der Waals surface area contributed by atoms with Gasteiger partial charge in [-0.25, -0.2) is 0 Å². The Bertz CT molecular complexity index is 451. The van der Waals surface area contributed by atoms with E-state index in [1.165, 1.54) is 48.1 Å². The van der Waals surface area contributed by atoms with Crippen molar-refractivity contribution in [3.8, 4) is 0 Å². The molecule has 0 radical (unpaired) electrons. The lowest BCUT2D eigenvalue weighted by molar-refractivity contribution is 0.288. The zero-order chi connectivity index (χ0) is 15.2. The molecule has 0 aliphatic heterocycles. The summed E-state index contributed by atoms with van der Waals surface area (Å²) in [5.41, 5.74) is 5.52. The molecule has 0 atom stereocenters. The summed E-state index contributed by atoms with van der Waals surface area (Å²) >= 11 is 0. The van der Waals surface area contributed by atoms with Crippen LogP contribution in [0.2, 0.25) is 0 Å². The number of aliphatic hydroxyl groups excluding tert-OH is 1. The highest BCUT2D eigenvalue weighted by Crippen LogP contribution is 2.37. The van der Waals surface area contributed by atoms with Gasteiger partial charge in [0.25, 0.3) is 0 Å². The van der Waals surface area contributed by atoms with Crippen LogP contribution in [-0.2, 0) is 6.42 Å². The molecular weight excluding hydrogens is 260 g/mol. The molecule has 118 valence electrons. The number of hydrogen-bond donors (Lipinski definition) is 3. The summed E-state index contributed by atoms with van der Waals surface area (Å²) < 4.78 is 0. The van der Waals surface area contributed by atoms with Crippen LogP contribution in [0.5, 0.6) is 0 Å². The third kappa shape index (κ3) is 3.78. The van der Waals surface area contributed by atoms with E-state index in [0.717, 1.165) is 12.8 Å². The summed E-state index contributed by atoms with van der Waals surface area (Å²) in [5.74, 6) is 0.702. The fourth-order valence-electron chi connectivity index (χ4n) is 3.75. The Hall–Kier alpha value is -1.06. The van der Waals surface area contributed by atoms with Crippen LogP contribution < -0.4 is 10.6 Å². The van der Waals surface area contributed by atoms with Gasteiger partial charge in [-0.15, -0.1) is 0 Å². The maximum absolute atomic E-state index is 9.04. The molecule has 1 aliphatic rings. The minimum absolute atomic E-state index is 0.262. The van der Waals surface area contributed by atoms with Gasteiger partial charge >= 0.3 is 0 Å². The van der Waals surface area contributed by atoms with Crippen LogP contribution in [-0.4, -0.2) is 31.9 Å². The van der Waals surface area contributed by atoms with Gasteiger partial charge in [-0.1, -0.05) is 12.1 Å². The molecular formula is C18H30N2O. The normalized spacial score (nSPS) is 22.3. The molecule has 1 aromatic carbocycles. The Morgan fingerprint density at radius 2 is 1.86 bits per heavy atom. The number of benzene rings is 1. The molecule has 3 heteroatoms. The van der Waals surface area contributed by atoms with Crippen molar-refractivity contribution >= 4 is 5.69 Å². The van der Waals surface area contributed by atoms with Gasteiger partial charge in [-0.3, -0.25) is 0 Å². The Labute approximate surface area is 129 Å². The van der Waals surface area contributed by atoms with Gasteiger partial charge in [0.15, 0.2) is 0 Å². The largest absolute Gasteiger partial charge is 0.396 e. The first-order valence-electron chi connectivity index (χ1n) is 8.29. The van der Waals surface area contributed by atoms with E-state index in [1.54, 1.807) is 0 Å². The molecule has 0 amide bonds. The Morgan fingerprint density at radius 1 is 1.14 bits per heavy atom. The lowest BCUT2D eigenvalue weighted by atomic mass is 9.79. The average Bonchev–Trinajstić information content (AvgIpc) is 2.53. The molecule has 1 aliphatic carbocycles. The summed E-state index contributed by atoms with van der Waals surface area (Å²) in [6, 6.07) is 5.29. The summed E-state index contributed by atoms with van der Waals surface area (Å²) in [5, 5.41) is 15.8. The Balaban J connectivity index is 2.17. The van der Waals surface area contributed by atoms with E-state index >= 15 is 0 Å². The predicted molar refractivity (Wildman–Crippen MR) is 90.2 cm³/mol. The summed E-state index contributed by atoms with van der Waals surface area (Å²) in [7, 11) is 4.08. The van der Waals surface area contributed by atoms with Gasteiger partial charge in [0, 0.05) is 25.4 Å². The average molecular weight is 290 g/mol. The summed E-state index contributed by atoms with van der Waals surface area (Å²) in [4.78, 5) is 0. The number of anilines is 1. The molecule has 3 N–H and O–H groups in total. The van der Waals surface area contributed by atoms with Gasteiger partial charge < -0.3 is 15.7 Å². The molecule has 21 heavy (non-hydrogen) atoms. The van der Waals surface area contributed by atoms with E-state index in [2.05, 4.69) is 36.7 Å². The van der Waals surface area contributed by atoms with E-state index < -0.39 is 0 Å². The van der Waals surface area contributed by atoms with E-state index in [9.17, 15) is 0 Å². The minimum atomic E-state index is 0.262. The van der Waals surface area contributed by atoms with Crippen molar-refractivity contribution in [1.82, 2.24) is 5.32 Å².